The molecule has 1 aromatic heterocycles. The molecule has 2 rings (SSSR count). The summed E-state index contributed by atoms with van der Waals surface area (Å²) in [6, 6.07) is 4.27. The maximum Gasteiger partial charge on any atom is 0.401 e. The minimum Gasteiger partial charge on any atom is -0.477 e. The average molecular weight is 274 g/mol. The molecule has 7 heteroatoms. The number of alkyl halides is 3. The third kappa shape index (κ3) is 4.20. The van der Waals surface area contributed by atoms with Crippen molar-refractivity contribution < 1.29 is 23.1 Å². The number of aromatic carboxylic acids is 1. The summed E-state index contributed by atoms with van der Waals surface area (Å²) < 4.78 is 37.3. The van der Waals surface area contributed by atoms with Crippen molar-refractivity contribution in [2.75, 3.05) is 6.54 Å². The van der Waals surface area contributed by atoms with Gasteiger partial charge in [0.2, 0.25) is 0 Å². The van der Waals surface area contributed by atoms with E-state index in [2.05, 4.69) is 4.98 Å². The minimum absolute atomic E-state index is 0.0191. The number of nitrogens with zero attached hydrogens (tertiary/aromatic N) is 2. The molecule has 4 nitrogen and oxygen atoms in total. The molecule has 104 valence electrons. The Morgan fingerprint density at radius 1 is 1.42 bits per heavy atom. The summed E-state index contributed by atoms with van der Waals surface area (Å²) in [5.41, 5.74) is 0.191. The largest absolute Gasteiger partial charge is 0.477 e. The highest BCUT2D eigenvalue weighted by atomic mass is 19.4. The molecule has 0 unspecified atom stereocenters. The van der Waals surface area contributed by atoms with Crippen LogP contribution in [0.3, 0.4) is 0 Å². The Morgan fingerprint density at radius 2 is 2.11 bits per heavy atom. The molecule has 1 heterocycles. The van der Waals surface area contributed by atoms with Crippen LogP contribution in [-0.4, -0.2) is 39.7 Å². The van der Waals surface area contributed by atoms with E-state index in [0.29, 0.717) is 5.69 Å². The average Bonchev–Trinajstić information content (AvgIpc) is 3.10. The molecule has 0 atom stereocenters. The molecule has 19 heavy (non-hydrogen) atoms. The molecule has 1 fully saturated rings. The molecule has 0 bridgehead atoms. The Hall–Kier alpha value is -1.63. The van der Waals surface area contributed by atoms with Crippen molar-refractivity contribution in [2.45, 2.75) is 31.6 Å². The summed E-state index contributed by atoms with van der Waals surface area (Å²) in [6.07, 6.45) is -2.77. The lowest BCUT2D eigenvalue weighted by atomic mass is 10.2. The minimum atomic E-state index is -4.26. The molecule has 1 N–H and O–H groups in total. The molecule has 0 aliphatic heterocycles. The molecule has 1 aliphatic rings. The van der Waals surface area contributed by atoms with Crippen LogP contribution >= 0.6 is 0 Å². The van der Waals surface area contributed by atoms with Gasteiger partial charge < -0.3 is 5.11 Å². The summed E-state index contributed by atoms with van der Waals surface area (Å²) >= 11 is 0. The van der Waals surface area contributed by atoms with Crippen molar-refractivity contribution in [1.82, 2.24) is 9.88 Å². The number of hydrogen-bond donors (Lipinski definition) is 1. The third-order valence-electron chi connectivity index (χ3n) is 2.84. The molecule has 1 aromatic rings. The van der Waals surface area contributed by atoms with Crippen LogP contribution in [0.1, 0.15) is 29.0 Å². The lowest BCUT2D eigenvalue weighted by molar-refractivity contribution is -0.148. The summed E-state index contributed by atoms with van der Waals surface area (Å²) in [5, 5.41) is 8.80. The van der Waals surface area contributed by atoms with Crippen LogP contribution in [0.25, 0.3) is 0 Å². The Kier molecular flexibility index (Phi) is 3.75. The van der Waals surface area contributed by atoms with E-state index in [9.17, 15) is 18.0 Å². The van der Waals surface area contributed by atoms with E-state index in [4.69, 9.17) is 5.11 Å². The van der Waals surface area contributed by atoms with Crippen molar-refractivity contribution in [2.24, 2.45) is 0 Å². The SMILES string of the molecule is O=C(O)c1cccc(CN(CC(F)(F)F)C2CC2)n1. The van der Waals surface area contributed by atoms with Crippen molar-refractivity contribution >= 4 is 5.97 Å². The summed E-state index contributed by atoms with van der Waals surface area (Å²) in [6.45, 7) is -0.970. The molecule has 0 spiro atoms. The topological polar surface area (TPSA) is 53.4 Å². The molecule has 0 amide bonds. The van der Waals surface area contributed by atoms with E-state index in [-0.39, 0.29) is 18.3 Å². The van der Waals surface area contributed by atoms with Gasteiger partial charge in [0.25, 0.3) is 0 Å². The fourth-order valence-corrected chi connectivity index (χ4v) is 1.88. The van der Waals surface area contributed by atoms with E-state index in [1.807, 2.05) is 0 Å². The number of halogens is 3. The van der Waals surface area contributed by atoms with Gasteiger partial charge >= 0.3 is 12.1 Å². The first-order valence-electron chi connectivity index (χ1n) is 5.85. The first kappa shape index (κ1) is 13.8. The second kappa shape index (κ2) is 5.16. The van der Waals surface area contributed by atoms with E-state index in [1.165, 1.54) is 23.1 Å². The van der Waals surface area contributed by atoms with Crippen LogP contribution in [0.2, 0.25) is 0 Å². The van der Waals surface area contributed by atoms with Gasteiger partial charge in [0.15, 0.2) is 0 Å². The number of carbonyl (C=O) groups is 1. The highest BCUT2D eigenvalue weighted by molar-refractivity contribution is 5.85. The second-order valence-electron chi connectivity index (χ2n) is 4.57. The summed E-state index contributed by atoms with van der Waals surface area (Å²) in [4.78, 5) is 15.9. The fraction of sp³-hybridized carbons (Fsp3) is 0.500. The standard InChI is InChI=1S/C12H13F3N2O2/c13-12(14,15)7-17(9-4-5-9)6-8-2-1-3-10(16-8)11(18)19/h1-3,9H,4-7H2,(H,18,19). The van der Waals surface area contributed by atoms with E-state index < -0.39 is 18.7 Å². The van der Waals surface area contributed by atoms with Gasteiger partial charge in [-0.3, -0.25) is 4.90 Å². The van der Waals surface area contributed by atoms with Crippen LogP contribution in [0, 0.1) is 0 Å². The first-order valence-corrected chi connectivity index (χ1v) is 5.85. The van der Waals surface area contributed by atoms with E-state index in [0.717, 1.165) is 12.8 Å². The smallest absolute Gasteiger partial charge is 0.401 e. The van der Waals surface area contributed by atoms with Crippen LogP contribution in [-0.2, 0) is 6.54 Å². The van der Waals surface area contributed by atoms with Crippen LogP contribution < -0.4 is 0 Å². The Labute approximate surface area is 107 Å². The molecule has 1 aliphatic carbocycles. The Morgan fingerprint density at radius 3 is 2.63 bits per heavy atom. The quantitative estimate of drug-likeness (QED) is 0.895. The van der Waals surface area contributed by atoms with Gasteiger partial charge in [0.1, 0.15) is 5.69 Å². The van der Waals surface area contributed by atoms with Crippen molar-refractivity contribution in [3.05, 3.63) is 29.6 Å². The van der Waals surface area contributed by atoms with Gasteiger partial charge in [-0.1, -0.05) is 6.07 Å². The van der Waals surface area contributed by atoms with Gasteiger partial charge in [-0.2, -0.15) is 13.2 Å². The second-order valence-corrected chi connectivity index (χ2v) is 4.57. The van der Waals surface area contributed by atoms with Gasteiger partial charge in [-0.05, 0) is 25.0 Å². The lowest BCUT2D eigenvalue weighted by Gasteiger charge is -2.22. The van der Waals surface area contributed by atoms with Gasteiger partial charge in [0.05, 0.1) is 12.2 Å². The van der Waals surface area contributed by atoms with Crippen LogP contribution in [0.5, 0.6) is 0 Å². The number of carboxylic acid groups (broad SMARTS) is 1. The number of pyridine rings is 1. The normalized spacial score (nSPS) is 15.8. The number of aromatic nitrogens is 1. The van der Waals surface area contributed by atoms with Gasteiger partial charge in [-0.15, -0.1) is 0 Å². The van der Waals surface area contributed by atoms with Gasteiger partial charge in [0, 0.05) is 12.6 Å². The molecule has 1 saturated carbocycles. The first-order chi connectivity index (χ1) is 8.85. The maximum absolute atomic E-state index is 12.4. The molecular formula is C12H13F3N2O2. The number of carboxylic acids is 1. The molecule has 0 saturated heterocycles. The zero-order valence-corrected chi connectivity index (χ0v) is 10.0. The zero-order chi connectivity index (χ0) is 14.0. The van der Waals surface area contributed by atoms with Crippen molar-refractivity contribution in [3.8, 4) is 0 Å². The fourth-order valence-electron chi connectivity index (χ4n) is 1.88. The van der Waals surface area contributed by atoms with E-state index >= 15 is 0 Å². The lowest BCUT2D eigenvalue weighted by Crippen LogP contribution is -2.35. The summed E-state index contributed by atoms with van der Waals surface area (Å²) in [7, 11) is 0. The van der Waals surface area contributed by atoms with Crippen LogP contribution in [0.15, 0.2) is 18.2 Å². The maximum atomic E-state index is 12.4. The van der Waals surface area contributed by atoms with Gasteiger partial charge in [-0.25, -0.2) is 9.78 Å². The molecule has 0 aromatic carbocycles. The van der Waals surface area contributed by atoms with Crippen molar-refractivity contribution in [1.29, 1.82) is 0 Å². The zero-order valence-electron chi connectivity index (χ0n) is 10.0. The highest BCUT2D eigenvalue weighted by Gasteiger charge is 2.38. The van der Waals surface area contributed by atoms with Crippen molar-refractivity contribution in [3.63, 3.8) is 0 Å². The number of hydrogen-bond acceptors (Lipinski definition) is 3. The highest BCUT2D eigenvalue weighted by Crippen LogP contribution is 2.31. The molecular weight excluding hydrogens is 261 g/mol. The Bertz CT molecular complexity index is 472. The Balaban J connectivity index is 2.08. The third-order valence-corrected chi connectivity index (χ3v) is 2.84. The number of rotatable bonds is 5. The monoisotopic (exact) mass is 274 g/mol. The predicted octanol–water partition coefficient (Wildman–Crippen LogP) is 2.31. The molecule has 0 radical (unpaired) electrons. The summed E-state index contributed by atoms with van der Waals surface area (Å²) in [5.74, 6) is -1.18. The van der Waals surface area contributed by atoms with E-state index in [1.54, 1.807) is 0 Å². The van der Waals surface area contributed by atoms with Crippen LogP contribution in [0.4, 0.5) is 13.2 Å². The predicted molar refractivity (Wildman–Crippen MR) is 60.7 cm³/mol.